The first kappa shape index (κ1) is 16.4. The van der Waals surface area contributed by atoms with E-state index in [1.165, 1.54) is 0 Å². The highest BCUT2D eigenvalue weighted by Crippen LogP contribution is 2.30. The van der Waals surface area contributed by atoms with E-state index in [-0.39, 0.29) is 12.1 Å². The van der Waals surface area contributed by atoms with E-state index < -0.39 is 6.10 Å². The molecule has 2 rings (SSSR count). The van der Waals surface area contributed by atoms with Crippen molar-refractivity contribution in [3.8, 4) is 11.5 Å². The molecule has 0 radical (unpaired) electrons. The van der Waals surface area contributed by atoms with E-state index in [4.69, 9.17) is 9.47 Å². The van der Waals surface area contributed by atoms with Crippen molar-refractivity contribution in [1.82, 2.24) is 10.2 Å². The van der Waals surface area contributed by atoms with Gasteiger partial charge in [0.25, 0.3) is 0 Å². The summed E-state index contributed by atoms with van der Waals surface area (Å²) in [6.07, 6.45) is -0.393. The number of β-amino-alcohol motifs (C(OH)–C–C–N with tert-alkyl or cyclic N) is 1. The molecule has 22 heavy (non-hydrogen) atoms. The Morgan fingerprint density at radius 1 is 1.32 bits per heavy atom. The predicted molar refractivity (Wildman–Crippen MR) is 83.3 cm³/mol. The van der Waals surface area contributed by atoms with E-state index in [2.05, 4.69) is 5.32 Å². The van der Waals surface area contributed by atoms with Crippen LogP contribution in [0.4, 0.5) is 4.79 Å². The highest BCUT2D eigenvalue weighted by molar-refractivity contribution is 5.75. The Kier molecular flexibility index (Phi) is 5.49. The van der Waals surface area contributed by atoms with Gasteiger partial charge in [-0.25, -0.2) is 4.79 Å². The highest BCUT2D eigenvalue weighted by atomic mass is 16.5. The number of aliphatic hydroxyl groups excluding tert-OH is 1. The number of carbonyl (C=O) groups is 1. The fourth-order valence-electron chi connectivity index (χ4n) is 2.32. The summed E-state index contributed by atoms with van der Waals surface area (Å²) in [5, 5.41) is 12.2. The number of aliphatic hydroxyl groups is 1. The molecule has 6 heteroatoms. The minimum absolute atomic E-state index is 0.153. The number of carbonyl (C=O) groups excluding carboxylic acids is 1. The van der Waals surface area contributed by atoms with Crippen LogP contribution in [-0.2, 0) is 0 Å². The van der Waals surface area contributed by atoms with Gasteiger partial charge in [-0.1, -0.05) is 6.07 Å². The molecule has 1 saturated heterocycles. The van der Waals surface area contributed by atoms with Gasteiger partial charge in [0.2, 0.25) is 0 Å². The van der Waals surface area contributed by atoms with Crippen LogP contribution in [0.1, 0.15) is 32.4 Å². The second-order valence-electron chi connectivity index (χ2n) is 5.30. The zero-order valence-corrected chi connectivity index (χ0v) is 13.3. The fraction of sp³-hybridized carbons (Fsp3) is 0.562. The Bertz CT molecular complexity index is 515. The number of likely N-dealkylation sites (tertiary alicyclic amines) is 1. The number of benzene rings is 1. The van der Waals surface area contributed by atoms with Crippen LogP contribution in [0.15, 0.2) is 18.2 Å². The average Bonchev–Trinajstić information content (AvgIpc) is 2.46. The minimum atomic E-state index is -0.393. The lowest BCUT2D eigenvalue weighted by Gasteiger charge is -2.36. The Hall–Kier alpha value is -1.95. The summed E-state index contributed by atoms with van der Waals surface area (Å²) in [6.45, 7) is 7.67. The summed E-state index contributed by atoms with van der Waals surface area (Å²) in [5.41, 5.74) is 0.946. The van der Waals surface area contributed by atoms with Gasteiger partial charge in [0.15, 0.2) is 11.5 Å². The van der Waals surface area contributed by atoms with Crippen LogP contribution < -0.4 is 14.8 Å². The quantitative estimate of drug-likeness (QED) is 0.842. The van der Waals surface area contributed by atoms with Gasteiger partial charge in [0.1, 0.15) is 0 Å². The van der Waals surface area contributed by atoms with Crippen molar-refractivity contribution in [3.63, 3.8) is 0 Å². The molecule has 1 heterocycles. The van der Waals surface area contributed by atoms with Gasteiger partial charge in [-0.3, -0.25) is 0 Å². The first-order chi connectivity index (χ1) is 10.5. The molecular formula is C16H24N2O4. The standard InChI is InChI=1S/C16H24N2O4/c1-4-21-14-7-6-12(8-15(14)22-5-2)11(3)17-16(20)18-9-13(19)10-18/h6-8,11,13,19H,4-5,9-10H2,1-3H3,(H,17,20). The first-order valence-corrected chi connectivity index (χ1v) is 7.68. The van der Waals surface area contributed by atoms with E-state index in [1.54, 1.807) is 4.90 Å². The van der Waals surface area contributed by atoms with Crippen LogP contribution >= 0.6 is 0 Å². The molecule has 1 aromatic rings. The van der Waals surface area contributed by atoms with Crippen molar-refractivity contribution >= 4 is 6.03 Å². The third-order valence-electron chi connectivity index (χ3n) is 3.56. The van der Waals surface area contributed by atoms with Crippen LogP contribution in [0.2, 0.25) is 0 Å². The van der Waals surface area contributed by atoms with Gasteiger partial charge in [-0.15, -0.1) is 0 Å². The maximum Gasteiger partial charge on any atom is 0.318 e. The first-order valence-electron chi connectivity index (χ1n) is 7.68. The molecule has 1 aliphatic heterocycles. The molecule has 0 aliphatic carbocycles. The lowest BCUT2D eigenvalue weighted by molar-refractivity contribution is 0.0259. The van der Waals surface area contributed by atoms with Crippen molar-refractivity contribution < 1.29 is 19.4 Å². The third kappa shape index (κ3) is 3.82. The monoisotopic (exact) mass is 308 g/mol. The lowest BCUT2D eigenvalue weighted by atomic mass is 10.1. The Morgan fingerprint density at radius 3 is 2.55 bits per heavy atom. The van der Waals surface area contributed by atoms with Crippen LogP contribution in [0.3, 0.4) is 0 Å². The van der Waals surface area contributed by atoms with E-state index >= 15 is 0 Å². The Labute approximate surface area is 131 Å². The SMILES string of the molecule is CCOc1ccc(C(C)NC(=O)N2CC(O)C2)cc1OCC. The summed E-state index contributed by atoms with van der Waals surface area (Å²) in [4.78, 5) is 13.6. The lowest BCUT2D eigenvalue weighted by Crippen LogP contribution is -2.56. The molecule has 6 nitrogen and oxygen atoms in total. The number of nitrogens with zero attached hydrogens (tertiary/aromatic N) is 1. The summed E-state index contributed by atoms with van der Waals surface area (Å²) in [7, 11) is 0. The second-order valence-corrected chi connectivity index (χ2v) is 5.30. The molecule has 0 spiro atoms. The summed E-state index contributed by atoms with van der Waals surface area (Å²) >= 11 is 0. The molecule has 1 aliphatic rings. The zero-order chi connectivity index (χ0) is 16.1. The summed E-state index contributed by atoms with van der Waals surface area (Å²) < 4.78 is 11.1. The van der Waals surface area contributed by atoms with Gasteiger partial charge < -0.3 is 24.8 Å². The molecule has 0 aromatic heterocycles. The maximum atomic E-state index is 12.0. The fourth-order valence-corrected chi connectivity index (χ4v) is 2.32. The zero-order valence-electron chi connectivity index (χ0n) is 13.3. The Morgan fingerprint density at radius 2 is 1.95 bits per heavy atom. The van der Waals surface area contributed by atoms with Crippen LogP contribution in [0, 0.1) is 0 Å². The summed E-state index contributed by atoms with van der Waals surface area (Å²) in [5.74, 6) is 1.39. The predicted octanol–water partition coefficient (Wildman–Crippen LogP) is 1.93. The number of hydrogen-bond acceptors (Lipinski definition) is 4. The normalized spacial score (nSPS) is 15.9. The van der Waals surface area contributed by atoms with Crippen molar-refractivity contribution in [2.75, 3.05) is 26.3 Å². The number of amides is 2. The summed E-state index contributed by atoms with van der Waals surface area (Å²) in [6, 6.07) is 5.36. The maximum absolute atomic E-state index is 12.0. The van der Waals surface area contributed by atoms with Gasteiger partial charge in [0.05, 0.1) is 38.4 Å². The number of hydrogen-bond donors (Lipinski definition) is 2. The molecule has 1 atom stereocenters. The molecule has 1 unspecified atom stereocenters. The molecular weight excluding hydrogens is 284 g/mol. The van der Waals surface area contributed by atoms with Gasteiger partial charge in [-0.05, 0) is 38.5 Å². The molecule has 0 saturated carbocycles. The molecule has 0 bridgehead atoms. The van der Waals surface area contributed by atoms with Crippen LogP contribution in [0.5, 0.6) is 11.5 Å². The Balaban J connectivity index is 2.03. The van der Waals surface area contributed by atoms with E-state index in [0.717, 1.165) is 5.56 Å². The van der Waals surface area contributed by atoms with Crippen LogP contribution in [0.25, 0.3) is 0 Å². The minimum Gasteiger partial charge on any atom is -0.490 e. The van der Waals surface area contributed by atoms with E-state index in [0.29, 0.717) is 37.8 Å². The average molecular weight is 308 g/mol. The van der Waals surface area contributed by atoms with Gasteiger partial charge in [0, 0.05) is 0 Å². The second kappa shape index (κ2) is 7.35. The van der Waals surface area contributed by atoms with Crippen molar-refractivity contribution in [3.05, 3.63) is 23.8 Å². The van der Waals surface area contributed by atoms with Crippen molar-refractivity contribution in [2.24, 2.45) is 0 Å². The number of rotatable bonds is 6. The van der Waals surface area contributed by atoms with Gasteiger partial charge in [-0.2, -0.15) is 0 Å². The third-order valence-corrected chi connectivity index (χ3v) is 3.56. The number of ether oxygens (including phenoxy) is 2. The topological polar surface area (TPSA) is 71.0 Å². The van der Waals surface area contributed by atoms with Crippen molar-refractivity contribution in [2.45, 2.75) is 32.9 Å². The number of nitrogens with one attached hydrogen (secondary N) is 1. The largest absolute Gasteiger partial charge is 0.490 e. The number of urea groups is 1. The van der Waals surface area contributed by atoms with E-state index in [9.17, 15) is 9.90 Å². The van der Waals surface area contributed by atoms with E-state index in [1.807, 2.05) is 39.0 Å². The smallest absolute Gasteiger partial charge is 0.318 e. The molecule has 122 valence electrons. The van der Waals surface area contributed by atoms with Crippen molar-refractivity contribution in [1.29, 1.82) is 0 Å². The molecule has 1 fully saturated rings. The molecule has 2 amide bonds. The van der Waals surface area contributed by atoms with Gasteiger partial charge >= 0.3 is 6.03 Å². The van der Waals surface area contributed by atoms with Crippen LogP contribution in [-0.4, -0.2) is 48.4 Å². The molecule has 2 N–H and O–H groups in total. The molecule has 1 aromatic carbocycles. The highest BCUT2D eigenvalue weighted by Gasteiger charge is 2.29.